The third-order valence-electron chi connectivity index (χ3n) is 4.56. The van der Waals surface area contributed by atoms with Crippen LogP contribution in [0.4, 0.5) is 5.69 Å². The molecule has 1 aromatic heterocycles. The van der Waals surface area contributed by atoms with Crippen molar-refractivity contribution in [2.45, 2.75) is 17.1 Å². The molecule has 0 aliphatic carbocycles. The number of aromatic nitrogens is 1. The highest BCUT2D eigenvalue weighted by Crippen LogP contribution is 2.27. The molecule has 15 heteroatoms. The Morgan fingerprint density at radius 1 is 1.03 bits per heavy atom. The Bertz CT molecular complexity index is 1490. The van der Waals surface area contributed by atoms with E-state index in [1.807, 2.05) is 6.07 Å². The van der Waals surface area contributed by atoms with Crippen LogP contribution in [0.15, 0.2) is 70.6 Å². The van der Waals surface area contributed by atoms with Crippen LogP contribution in [0.25, 0.3) is 5.69 Å². The molecule has 35 heavy (non-hydrogen) atoms. The number of benzene rings is 1. The Kier molecular flexibility index (Phi) is 7.41. The third-order valence-corrected chi connectivity index (χ3v) is 6.94. The van der Waals surface area contributed by atoms with Gasteiger partial charge in [-0.05, 0) is 12.1 Å². The number of nitrogens with zero attached hydrogens (tertiary/aromatic N) is 3. The first-order chi connectivity index (χ1) is 16.3. The molecule has 0 amide bonds. The predicted octanol–water partition coefficient (Wildman–Crippen LogP) is -0.691. The van der Waals surface area contributed by atoms with Gasteiger partial charge in [0.25, 0.3) is 10.1 Å². The molecular formula is C20H21N6O7S2+. The van der Waals surface area contributed by atoms with Gasteiger partial charge >= 0.3 is 10.1 Å². The van der Waals surface area contributed by atoms with Crippen molar-refractivity contribution in [3.05, 3.63) is 66.2 Å². The number of hydrogen-bond acceptors (Lipinski definition) is 6. The van der Waals surface area contributed by atoms with Gasteiger partial charge in [-0.25, -0.2) is 4.99 Å². The number of pyridine rings is 1. The zero-order valence-electron chi connectivity index (χ0n) is 17.9. The normalized spacial score (nSPS) is 18.5. The molecule has 3 rings (SSSR count). The summed E-state index contributed by atoms with van der Waals surface area (Å²) in [6.07, 6.45) is 3.94. The Morgan fingerprint density at radius 2 is 1.71 bits per heavy atom. The summed E-state index contributed by atoms with van der Waals surface area (Å²) in [6.45, 7) is 0. The summed E-state index contributed by atoms with van der Waals surface area (Å²) in [5, 5.41) is -1.97. The van der Waals surface area contributed by atoms with E-state index >= 15 is 0 Å². The van der Waals surface area contributed by atoms with Crippen LogP contribution in [0.2, 0.25) is 0 Å². The van der Waals surface area contributed by atoms with E-state index in [1.165, 1.54) is 0 Å². The minimum absolute atomic E-state index is 0.0606. The molecule has 1 aliphatic rings. The molecule has 1 aliphatic heterocycles. The molecule has 2 heterocycles. The van der Waals surface area contributed by atoms with Crippen molar-refractivity contribution in [2.75, 3.05) is 0 Å². The van der Waals surface area contributed by atoms with E-state index in [2.05, 4.69) is 21.8 Å². The van der Waals surface area contributed by atoms with E-state index < -0.39 is 37.3 Å². The van der Waals surface area contributed by atoms with Crippen molar-refractivity contribution in [1.82, 2.24) is 0 Å². The van der Waals surface area contributed by atoms with Crippen LogP contribution >= 0.6 is 0 Å². The molecule has 2 aromatic rings. The molecule has 8 N–H and O–H groups in total. The molecule has 13 nitrogen and oxygen atoms in total. The Labute approximate surface area is 201 Å². The van der Waals surface area contributed by atoms with Gasteiger partial charge in [0.1, 0.15) is 5.25 Å². The largest absolute Gasteiger partial charge is 0.477 e. The van der Waals surface area contributed by atoms with Crippen LogP contribution in [0, 0.1) is 11.8 Å². The van der Waals surface area contributed by atoms with Crippen LogP contribution in [-0.2, 0) is 25.0 Å². The molecule has 184 valence electrons. The van der Waals surface area contributed by atoms with E-state index in [0.717, 1.165) is 6.26 Å². The lowest BCUT2D eigenvalue weighted by molar-refractivity contribution is -0.595. The fourth-order valence-electron chi connectivity index (χ4n) is 3.10. The van der Waals surface area contributed by atoms with Gasteiger partial charge in [0, 0.05) is 30.2 Å². The van der Waals surface area contributed by atoms with Gasteiger partial charge in [-0.2, -0.15) is 26.4 Å². The number of ether oxygens (including phenoxy) is 1. The minimum atomic E-state index is -4.93. The lowest BCUT2D eigenvalue weighted by Gasteiger charge is -2.25. The summed E-state index contributed by atoms with van der Waals surface area (Å²) in [7, 11) is -9.83. The summed E-state index contributed by atoms with van der Waals surface area (Å²) >= 11 is 0. The first-order valence-electron chi connectivity index (χ1n) is 9.68. The standard InChI is InChI=1S/C20H20N6O7S2/c21-19(22)25-20(23)24-15-6-7-16(26-8-2-1-3-9-26)14(11-15)5-4-13-10-17(34(27,28)29)18(33-12-13)35(30,31)32/h1-3,6-9,11-12,17-18H,10H2,(H7-,21,22,23,24,25,27,28,29,30,31,32)/p+1/t17-,18-/m1/s1. The summed E-state index contributed by atoms with van der Waals surface area (Å²) in [6, 6.07) is 10.3. The Morgan fingerprint density at radius 3 is 2.31 bits per heavy atom. The molecule has 0 spiro atoms. The maximum Gasteiger partial charge on any atom is 0.304 e. The maximum absolute atomic E-state index is 11.7. The zero-order valence-corrected chi connectivity index (χ0v) is 19.5. The highest BCUT2D eigenvalue weighted by atomic mass is 32.2. The van der Waals surface area contributed by atoms with Crippen molar-refractivity contribution in [3.8, 4) is 17.5 Å². The first kappa shape index (κ1) is 25.6. The van der Waals surface area contributed by atoms with Crippen molar-refractivity contribution >= 4 is 37.8 Å². The van der Waals surface area contributed by atoms with Crippen molar-refractivity contribution in [3.63, 3.8) is 0 Å². The molecule has 0 unspecified atom stereocenters. The van der Waals surface area contributed by atoms with E-state index in [4.69, 9.17) is 21.9 Å². The fraction of sp³-hybridized carbons (Fsp3) is 0.150. The van der Waals surface area contributed by atoms with Crippen LogP contribution in [0.5, 0.6) is 0 Å². The van der Waals surface area contributed by atoms with E-state index in [9.17, 15) is 25.9 Å². The van der Waals surface area contributed by atoms with Gasteiger partial charge < -0.3 is 21.9 Å². The number of guanidine groups is 2. The molecule has 0 saturated carbocycles. The predicted molar refractivity (Wildman–Crippen MR) is 126 cm³/mol. The minimum Gasteiger partial charge on any atom is -0.477 e. The summed E-state index contributed by atoms with van der Waals surface area (Å²) < 4.78 is 71.6. The van der Waals surface area contributed by atoms with Crippen LogP contribution < -0.4 is 21.8 Å². The lowest BCUT2D eigenvalue weighted by Crippen LogP contribution is -2.42. The molecule has 0 bridgehead atoms. The molecule has 0 saturated heterocycles. The van der Waals surface area contributed by atoms with Crippen LogP contribution in [0.3, 0.4) is 0 Å². The molecule has 0 radical (unpaired) electrons. The van der Waals surface area contributed by atoms with Gasteiger partial charge in [0.15, 0.2) is 18.4 Å². The highest BCUT2D eigenvalue weighted by Gasteiger charge is 2.44. The van der Waals surface area contributed by atoms with Crippen molar-refractivity contribution in [2.24, 2.45) is 27.2 Å². The average molecular weight is 522 g/mol. The lowest BCUT2D eigenvalue weighted by atomic mass is 10.1. The summed E-state index contributed by atoms with van der Waals surface area (Å²) in [4.78, 5) is 7.74. The van der Waals surface area contributed by atoms with E-state index in [0.29, 0.717) is 16.9 Å². The molecule has 0 fully saturated rings. The highest BCUT2D eigenvalue weighted by molar-refractivity contribution is 7.90. The monoisotopic (exact) mass is 521 g/mol. The van der Waals surface area contributed by atoms with Gasteiger partial charge in [-0.3, -0.25) is 9.11 Å². The van der Waals surface area contributed by atoms with Gasteiger partial charge in [0.2, 0.25) is 17.1 Å². The summed E-state index contributed by atoms with van der Waals surface area (Å²) in [5.74, 6) is 5.10. The maximum atomic E-state index is 11.7. The van der Waals surface area contributed by atoms with Crippen molar-refractivity contribution < 1.29 is 35.2 Å². The number of rotatable bonds is 4. The average Bonchev–Trinajstić information content (AvgIpc) is 2.76. The van der Waals surface area contributed by atoms with Crippen LogP contribution in [0.1, 0.15) is 12.0 Å². The quantitative estimate of drug-likeness (QED) is 0.112. The Hall–Kier alpha value is -3.97. The van der Waals surface area contributed by atoms with Gasteiger partial charge in [-0.1, -0.05) is 17.9 Å². The SMILES string of the molecule is NC(N)=NC(N)=Nc1ccc(-[n+]2ccccc2)c(C#CC2=CO[C@H](S(=O)(=O)O)[C@H](S(=O)(=O)O)C2)c1. The van der Waals surface area contributed by atoms with Gasteiger partial charge in [-0.15, -0.1) is 0 Å². The molecule has 1 aromatic carbocycles. The molecular weight excluding hydrogens is 500 g/mol. The zero-order chi connectivity index (χ0) is 25.8. The second-order valence-corrected chi connectivity index (χ2v) is 10.3. The van der Waals surface area contributed by atoms with Crippen LogP contribution in [-0.4, -0.2) is 48.5 Å². The molecule has 2 atom stereocenters. The number of nitrogens with two attached hydrogens (primary N) is 3. The van der Waals surface area contributed by atoms with E-state index in [-0.39, 0.29) is 17.5 Å². The smallest absolute Gasteiger partial charge is 0.304 e. The fourth-order valence-corrected chi connectivity index (χ4v) is 5.35. The first-order valence-corrected chi connectivity index (χ1v) is 12.7. The number of aliphatic imine (C=N–C) groups is 2. The van der Waals surface area contributed by atoms with Crippen molar-refractivity contribution in [1.29, 1.82) is 0 Å². The van der Waals surface area contributed by atoms with E-state index in [1.54, 1.807) is 47.3 Å². The summed E-state index contributed by atoms with van der Waals surface area (Å²) in [5.41, 5.74) is 15.5. The second kappa shape index (κ2) is 10.1. The topological polar surface area (TPSA) is 225 Å². The Balaban J connectivity index is 2.06. The second-order valence-electron chi connectivity index (χ2n) is 7.16. The number of hydrogen-bond donors (Lipinski definition) is 5. The number of allylic oxidation sites excluding steroid dienone is 1. The third kappa shape index (κ3) is 6.77. The van der Waals surface area contributed by atoms with Gasteiger partial charge in [0.05, 0.1) is 17.5 Å².